The summed E-state index contributed by atoms with van der Waals surface area (Å²) in [4.78, 5) is 16.0. The topological polar surface area (TPSA) is 32.9 Å². The lowest BCUT2D eigenvalue weighted by Crippen LogP contribution is -2.05. The molecular weight excluding hydrogens is 234 g/mol. The Morgan fingerprint density at radius 2 is 2.11 bits per heavy atom. The maximum absolute atomic E-state index is 12.7. The molecule has 1 aromatic carbocycles. The van der Waals surface area contributed by atoms with E-state index in [2.05, 4.69) is 30.1 Å². The molecule has 0 bridgehead atoms. The highest BCUT2D eigenvalue weighted by atomic mass is 16.1. The number of ketones is 1. The summed E-state index contributed by atoms with van der Waals surface area (Å²) in [6.07, 6.45) is 6.79. The van der Waals surface area contributed by atoms with E-state index in [9.17, 15) is 4.79 Å². The number of hydrogen-bond donors (Lipinski definition) is 1. The van der Waals surface area contributed by atoms with Crippen molar-refractivity contribution in [3.05, 3.63) is 35.5 Å². The first-order valence-electron chi connectivity index (χ1n) is 7.44. The largest absolute Gasteiger partial charge is 0.360 e. The van der Waals surface area contributed by atoms with Crippen LogP contribution in [0.5, 0.6) is 0 Å². The molecule has 2 aromatic rings. The molecule has 2 saturated carbocycles. The van der Waals surface area contributed by atoms with Gasteiger partial charge in [-0.3, -0.25) is 4.79 Å². The Morgan fingerprint density at radius 1 is 1.32 bits per heavy atom. The maximum atomic E-state index is 12.7. The standard InChI is InChI=1S/C17H19NO/c1-2-10-5-3-8-13-14(9-18-16(10)13)17(19)15-11-6-4-7-12(11)15/h3,5,8-9,11-12,15,18H,2,4,6-7H2,1H3. The zero-order valence-corrected chi connectivity index (χ0v) is 11.3. The zero-order valence-electron chi connectivity index (χ0n) is 11.3. The highest BCUT2D eigenvalue weighted by molar-refractivity contribution is 6.10. The molecule has 1 aromatic heterocycles. The summed E-state index contributed by atoms with van der Waals surface area (Å²) >= 11 is 0. The van der Waals surface area contributed by atoms with Gasteiger partial charge < -0.3 is 4.98 Å². The van der Waals surface area contributed by atoms with Gasteiger partial charge in [-0.05, 0) is 36.7 Å². The molecule has 0 spiro atoms. The summed E-state index contributed by atoms with van der Waals surface area (Å²) in [7, 11) is 0. The molecule has 0 saturated heterocycles. The van der Waals surface area contributed by atoms with Gasteiger partial charge in [0.15, 0.2) is 5.78 Å². The van der Waals surface area contributed by atoms with E-state index < -0.39 is 0 Å². The average molecular weight is 253 g/mol. The third-order valence-corrected chi connectivity index (χ3v) is 5.16. The molecule has 2 aliphatic carbocycles. The van der Waals surface area contributed by atoms with Gasteiger partial charge in [-0.15, -0.1) is 0 Å². The third-order valence-electron chi connectivity index (χ3n) is 5.16. The second kappa shape index (κ2) is 3.96. The molecule has 2 fully saturated rings. The first kappa shape index (κ1) is 11.3. The minimum atomic E-state index is 0.332. The van der Waals surface area contributed by atoms with Crippen LogP contribution in [-0.4, -0.2) is 10.8 Å². The van der Waals surface area contributed by atoms with E-state index in [1.165, 1.54) is 24.8 Å². The van der Waals surface area contributed by atoms with Crippen LogP contribution in [0.2, 0.25) is 0 Å². The highest BCUT2D eigenvalue weighted by Gasteiger charge is 2.56. The van der Waals surface area contributed by atoms with Crippen molar-refractivity contribution in [1.29, 1.82) is 0 Å². The molecule has 1 heterocycles. The Morgan fingerprint density at radius 3 is 2.84 bits per heavy atom. The summed E-state index contributed by atoms with van der Waals surface area (Å²) < 4.78 is 0. The van der Waals surface area contributed by atoms with Crippen LogP contribution in [-0.2, 0) is 6.42 Å². The van der Waals surface area contributed by atoms with Crippen LogP contribution in [0.25, 0.3) is 10.9 Å². The van der Waals surface area contributed by atoms with Crippen LogP contribution in [0, 0.1) is 17.8 Å². The van der Waals surface area contributed by atoms with Crippen molar-refractivity contribution in [2.45, 2.75) is 32.6 Å². The number of fused-ring (bicyclic) bond motifs is 2. The van der Waals surface area contributed by atoms with Crippen molar-refractivity contribution in [1.82, 2.24) is 4.98 Å². The number of carbonyl (C=O) groups excluding carboxylic acids is 1. The van der Waals surface area contributed by atoms with Gasteiger partial charge in [0.05, 0.1) is 0 Å². The van der Waals surface area contributed by atoms with Crippen LogP contribution < -0.4 is 0 Å². The Kier molecular flexibility index (Phi) is 2.35. The van der Waals surface area contributed by atoms with Gasteiger partial charge in [-0.25, -0.2) is 0 Å². The van der Waals surface area contributed by atoms with Gasteiger partial charge in [0.1, 0.15) is 0 Å². The lowest BCUT2D eigenvalue weighted by atomic mass is 9.99. The van der Waals surface area contributed by atoms with E-state index in [4.69, 9.17) is 0 Å². The number of nitrogens with one attached hydrogen (secondary N) is 1. The number of carbonyl (C=O) groups is 1. The predicted octanol–water partition coefficient (Wildman–Crippen LogP) is 3.96. The maximum Gasteiger partial charge on any atom is 0.168 e. The number of aromatic amines is 1. The minimum Gasteiger partial charge on any atom is -0.360 e. The molecule has 2 atom stereocenters. The average Bonchev–Trinajstić information content (AvgIpc) is 2.84. The third kappa shape index (κ3) is 1.52. The molecule has 0 radical (unpaired) electrons. The highest BCUT2D eigenvalue weighted by Crippen LogP contribution is 2.58. The Hall–Kier alpha value is -1.57. The van der Waals surface area contributed by atoms with Crippen LogP contribution in [0.1, 0.15) is 42.1 Å². The summed E-state index contributed by atoms with van der Waals surface area (Å²) in [6.45, 7) is 2.16. The number of aromatic nitrogens is 1. The van der Waals surface area contributed by atoms with Crippen molar-refractivity contribution < 1.29 is 4.79 Å². The van der Waals surface area contributed by atoms with Gasteiger partial charge in [0.2, 0.25) is 0 Å². The normalized spacial score (nSPS) is 28.6. The molecular formula is C17H19NO. The number of rotatable bonds is 3. The quantitative estimate of drug-likeness (QED) is 0.825. The lowest BCUT2D eigenvalue weighted by Gasteiger charge is -2.03. The Balaban J connectivity index is 1.74. The summed E-state index contributed by atoms with van der Waals surface area (Å²) in [5, 5.41) is 1.12. The lowest BCUT2D eigenvalue weighted by molar-refractivity contribution is 0.0953. The minimum absolute atomic E-state index is 0.332. The van der Waals surface area contributed by atoms with E-state index in [1.54, 1.807) is 0 Å². The number of H-pyrrole nitrogens is 1. The molecule has 2 heteroatoms. The van der Waals surface area contributed by atoms with Crippen molar-refractivity contribution in [2.75, 3.05) is 0 Å². The van der Waals surface area contributed by atoms with Gasteiger partial charge in [0, 0.05) is 28.6 Å². The van der Waals surface area contributed by atoms with Crippen molar-refractivity contribution in [3.8, 4) is 0 Å². The van der Waals surface area contributed by atoms with Crippen molar-refractivity contribution in [2.24, 2.45) is 17.8 Å². The SMILES string of the molecule is CCc1cccc2c(C(=O)C3C4CCCC43)c[nH]c12. The van der Waals surface area contributed by atoms with Gasteiger partial charge in [-0.1, -0.05) is 31.5 Å². The van der Waals surface area contributed by atoms with Crippen molar-refractivity contribution >= 4 is 16.7 Å². The van der Waals surface area contributed by atoms with E-state index in [1.807, 2.05) is 6.20 Å². The van der Waals surface area contributed by atoms with E-state index >= 15 is 0 Å². The van der Waals surface area contributed by atoms with Crippen molar-refractivity contribution in [3.63, 3.8) is 0 Å². The zero-order chi connectivity index (χ0) is 13.0. The van der Waals surface area contributed by atoms with Crippen LogP contribution in [0.4, 0.5) is 0 Å². The fourth-order valence-electron chi connectivity index (χ4n) is 4.11. The molecule has 0 aliphatic heterocycles. The molecule has 2 nitrogen and oxygen atoms in total. The fourth-order valence-corrected chi connectivity index (χ4v) is 4.11. The van der Waals surface area contributed by atoms with Gasteiger partial charge >= 0.3 is 0 Å². The molecule has 2 unspecified atom stereocenters. The molecule has 2 aliphatic rings. The molecule has 0 amide bonds. The first-order valence-corrected chi connectivity index (χ1v) is 7.44. The number of benzene rings is 1. The van der Waals surface area contributed by atoms with Gasteiger partial charge in [-0.2, -0.15) is 0 Å². The number of Topliss-reactive ketones (excluding diaryl/α,β-unsaturated/α-hetero) is 1. The molecule has 1 N–H and O–H groups in total. The fraction of sp³-hybridized carbons (Fsp3) is 0.471. The number of hydrogen-bond acceptors (Lipinski definition) is 1. The molecule has 19 heavy (non-hydrogen) atoms. The van der Waals surface area contributed by atoms with E-state index in [0.29, 0.717) is 23.5 Å². The van der Waals surface area contributed by atoms with Crippen LogP contribution >= 0.6 is 0 Å². The second-order valence-corrected chi connectivity index (χ2v) is 6.04. The van der Waals surface area contributed by atoms with E-state index in [0.717, 1.165) is 22.9 Å². The van der Waals surface area contributed by atoms with Crippen LogP contribution in [0.3, 0.4) is 0 Å². The monoisotopic (exact) mass is 253 g/mol. The summed E-state index contributed by atoms with van der Waals surface area (Å²) in [6, 6.07) is 6.29. The number of aryl methyl sites for hydroxylation is 1. The molecule has 98 valence electrons. The summed E-state index contributed by atoms with van der Waals surface area (Å²) in [5.41, 5.74) is 3.37. The Bertz CT molecular complexity index is 644. The number of para-hydroxylation sites is 1. The van der Waals surface area contributed by atoms with Crippen LogP contribution in [0.15, 0.2) is 24.4 Å². The Labute approximate surface area is 113 Å². The van der Waals surface area contributed by atoms with Gasteiger partial charge in [0.25, 0.3) is 0 Å². The second-order valence-electron chi connectivity index (χ2n) is 6.04. The first-order chi connectivity index (χ1) is 9.31. The summed E-state index contributed by atoms with van der Waals surface area (Å²) in [5.74, 6) is 2.12. The van der Waals surface area contributed by atoms with E-state index in [-0.39, 0.29) is 0 Å². The molecule has 4 rings (SSSR count). The smallest absolute Gasteiger partial charge is 0.168 e. The predicted molar refractivity (Wildman–Crippen MR) is 76.3 cm³/mol.